The van der Waals surface area contributed by atoms with Gasteiger partial charge in [0.25, 0.3) is 0 Å². The number of ether oxygens (including phenoxy) is 12. The summed E-state index contributed by atoms with van der Waals surface area (Å²) in [6.07, 6.45) is 28.6. The van der Waals surface area contributed by atoms with Crippen LogP contribution in [0.25, 0.3) is 0 Å². The molecule has 14 saturated carbocycles. The molecule has 14 aliphatic rings. The Labute approximate surface area is 439 Å². The molecule has 0 N–H and O–H groups in total. The number of hydrogen-bond acceptors (Lipinski definition) is 12. The Morgan fingerprint density at radius 2 is 0.264 bits per heavy atom. The zero-order valence-electron chi connectivity index (χ0n) is 47.7. The molecule has 14 rings (SSSR count). The first-order valence-corrected chi connectivity index (χ1v) is 29.4. The second kappa shape index (κ2) is 29.5. The number of rotatable bonds is 12. The average Bonchev–Trinajstić information content (AvgIpc) is 3.59. The smallest absolute Gasteiger partial charge is 0.0604 e. The minimum atomic E-state index is 0.191. The summed E-state index contributed by atoms with van der Waals surface area (Å²) in [6, 6.07) is 0. The second-order valence-electron chi connectivity index (χ2n) is 24.7. The molecule has 0 amide bonds. The Hall–Kier alpha value is -0.480. The topological polar surface area (TPSA) is 111 Å². The fraction of sp³-hybridized carbons (Fsp3) is 1.00. The predicted molar refractivity (Wildman–Crippen MR) is 282 cm³/mol. The van der Waals surface area contributed by atoms with Crippen molar-refractivity contribution in [3.05, 3.63) is 0 Å². The normalized spacial score (nSPS) is 46.5. The van der Waals surface area contributed by atoms with Gasteiger partial charge in [0, 0.05) is 85.3 Å². The zero-order chi connectivity index (χ0) is 51.3. The highest BCUT2D eigenvalue weighted by Gasteiger charge is 2.46. The van der Waals surface area contributed by atoms with Gasteiger partial charge < -0.3 is 56.8 Å². The lowest BCUT2D eigenvalue weighted by Gasteiger charge is -2.45. The Morgan fingerprint density at radius 1 is 0.139 bits per heavy atom. The second-order valence-corrected chi connectivity index (χ2v) is 24.7. The molecule has 0 radical (unpaired) electrons. The van der Waals surface area contributed by atoms with Crippen LogP contribution in [-0.4, -0.2) is 159 Å². The van der Waals surface area contributed by atoms with Crippen molar-refractivity contribution in [3.63, 3.8) is 0 Å². The van der Waals surface area contributed by atoms with E-state index in [9.17, 15) is 0 Å². The third kappa shape index (κ3) is 14.6. The molecule has 11 unspecified atom stereocenters. The largest absolute Gasteiger partial charge is 0.381 e. The highest BCUT2D eigenvalue weighted by atomic mass is 16.5. The molecule has 0 aromatic carbocycles. The highest BCUT2D eigenvalue weighted by molar-refractivity contribution is 4.97. The number of hydrogen-bond donors (Lipinski definition) is 0. The van der Waals surface area contributed by atoms with Crippen molar-refractivity contribution >= 4 is 0 Å². The maximum absolute atomic E-state index is 6.49. The molecule has 12 heteroatoms. The Balaban J connectivity index is 1.10. The van der Waals surface area contributed by atoms with Crippen LogP contribution in [0.1, 0.15) is 154 Å². The lowest BCUT2D eigenvalue weighted by Crippen LogP contribution is -2.44. The van der Waals surface area contributed by atoms with Gasteiger partial charge in [-0.25, -0.2) is 0 Å². The summed E-state index contributed by atoms with van der Waals surface area (Å²) in [6.45, 7) is 0. The predicted octanol–water partition coefficient (Wildman–Crippen LogP) is 11.0. The minimum absolute atomic E-state index is 0.191. The number of methoxy groups -OCH3 is 12. The van der Waals surface area contributed by atoms with Crippen molar-refractivity contribution in [2.75, 3.05) is 85.3 Å². The fourth-order valence-electron chi connectivity index (χ4n) is 17.4. The van der Waals surface area contributed by atoms with Gasteiger partial charge in [-0.3, -0.25) is 0 Å². The van der Waals surface area contributed by atoms with Gasteiger partial charge in [-0.05, 0) is 225 Å². The van der Waals surface area contributed by atoms with Crippen molar-refractivity contribution in [3.8, 4) is 0 Å². The minimum Gasteiger partial charge on any atom is -0.381 e. The van der Waals surface area contributed by atoms with Crippen LogP contribution in [0.4, 0.5) is 0 Å². The quantitative estimate of drug-likeness (QED) is 0.186. The Bertz CT molecular complexity index is 1510. The van der Waals surface area contributed by atoms with Crippen molar-refractivity contribution < 1.29 is 56.8 Å². The van der Waals surface area contributed by atoms with E-state index in [4.69, 9.17) is 56.8 Å². The Kier molecular flexibility index (Phi) is 24.2. The molecule has 12 nitrogen and oxygen atoms in total. The maximum atomic E-state index is 6.49. The fourth-order valence-corrected chi connectivity index (χ4v) is 17.4. The first-order chi connectivity index (χ1) is 35.1. The molecule has 0 aromatic rings. The molecule has 420 valence electrons. The van der Waals surface area contributed by atoms with Gasteiger partial charge in [-0.1, -0.05) is 0 Å². The van der Waals surface area contributed by atoms with E-state index in [1.165, 1.54) is 0 Å². The van der Waals surface area contributed by atoms with Gasteiger partial charge >= 0.3 is 0 Å². The van der Waals surface area contributed by atoms with E-state index in [1.807, 2.05) is 85.3 Å². The van der Waals surface area contributed by atoms with Gasteiger partial charge in [-0.2, -0.15) is 0 Å². The van der Waals surface area contributed by atoms with Crippen LogP contribution in [0.5, 0.6) is 0 Å². The van der Waals surface area contributed by atoms with E-state index in [-0.39, 0.29) is 73.2 Å². The van der Waals surface area contributed by atoms with Crippen LogP contribution in [0, 0.1) is 71.0 Å². The molecule has 14 fully saturated rings. The van der Waals surface area contributed by atoms with Crippen LogP contribution in [0.15, 0.2) is 0 Å². The first-order valence-electron chi connectivity index (χ1n) is 29.4. The van der Waals surface area contributed by atoms with E-state index < -0.39 is 0 Å². The number of fused-ring (bicyclic) bond motifs is 1. The standard InChI is InChI=1S/C60H108O12/c1-61-49-24-23-37-25-48-36-59(71-11)47(35-60(48)72-12)22-21-46-34-57(69-9)45(33-58(46)70-10)20-19-44-32-55(67-7)43(31-56(44)68-8)18-17-42-30-53(65-5)41(29-54(42)66-6)16-15-40-28-51(63-3)39(27-52(40)64-4)14-13-38(49)26-50(37)62-2/h37-60H,13-36H2,1-12H3/t37-,38+,39-,40-,41+,42+,43-,44-,45+,46+,47+,48+,49?,50?,51+,52?,53?,54?,55?,56?,57?,58?,59?,60?/m0/s1. The summed E-state index contributed by atoms with van der Waals surface area (Å²) in [5.74, 6) is 5.44. The molecule has 72 heavy (non-hydrogen) atoms. The summed E-state index contributed by atoms with van der Waals surface area (Å²) in [7, 11) is 23.2. The molecule has 0 aliphatic heterocycles. The molecule has 0 saturated heterocycles. The molecular weight excluding hydrogens is 913 g/mol. The summed E-state index contributed by atoms with van der Waals surface area (Å²) < 4.78 is 76.7. The summed E-state index contributed by atoms with van der Waals surface area (Å²) >= 11 is 0. The van der Waals surface area contributed by atoms with Gasteiger partial charge in [-0.15, -0.1) is 0 Å². The van der Waals surface area contributed by atoms with E-state index in [0.717, 1.165) is 154 Å². The van der Waals surface area contributed by atoms with Crippen molar-refractivity contribution in [2.45, 2.75) is 227 Å². The highest BCUT2D eigenvalue weighted by Crippen LogP contribution is 2.48. The van der Waals surface area contributed by atoms with Crippen molar-refractivity contribution in [2.24, 2.45) is 71.0 Å². The molecule has 12 bridgehead atoms. The monoisotopic (exact) mass is 1020 g/mol. The van der Waals surface area contributed by atoms with Crippen LogP contribution in [-0.2, 0) is 56.8 Å². The molecular formula is C60H108O12. The molecule has 24 atom stereocenters. The van der Waals surface area contributed by atoms with Crippen LogP contribution in [0.3, 0.4) is 0 Å². The van der Waals surface area contributed by atoms with E-state index in [1.54, 1.807) is 0 Å². The third-order valence-electron chi connectivity index (χ3n) is 21.8. The lowest BCUT2D eigenvalue weighted by molar-refractivity contribution is -0.0979. The molecule has 0 spiro atoms. The molecule has 0 aromatic heterocycles. The van der Waals surface area contributed by atoms with E-state index in [0.29, 0.717) is 71.0 Å². The zero-order valence-corrected chi connectivity index (χ0v) is 47.7. The lowest BCUT2D eigenvalue weighted by atomic mass is 9.68. The summed E-state index contributed by atoms with van der Waals surface area (Å²) in [5.41, 5.74) is 0. The third-order valence-corrected chi connectivity index (χ3v) is 21.8. The molecule has 0 heterocycles. The first kappa shape index (κ1) is 59.2. The van der Waals surface area contributed by atoms with Gasteiger partial charge in [0.2, 0.25) is 0 Å². The van der Waals surface area contributed by atoms with Gasteiger partial charge in [0.05, 0.1) is 73.2 Å². The van der Waals surface area contributed by atoms with E-state index in [2.05, 4.69) is 0 Å². The summed E-state index contributed by atoms with van der Waals surface area (Å²) in [5, 5.41) is 0. The van der Waals surface area contributed by atoms with Crippen LogP contribution in [0.2, 0.25) is 0 Å². The van der Waals surface area contributed by atoms with Gasteiger partial charge in [0.15, 0.2) is 0 Å². The van der Waals surface area contributed by atoms with Crippen molar-refractivity contribution in [1.29, 1.82) is 0 Å². The maximum Gasteiger partial charge on any atom is 0.0604 e. The SMILES string of the molecule is COC1CC[C@H]2C[C@@H]3CC(OC)[C@H](CC[C@@H]4CC(OC)[C@H](CC[C@H]5CC(OC)[C@@H](CC[C@@H]6CC(OC)[C@H](CC[C@H]7C[C@@H](OC)[C@@H](CC[C@@H]1CC2OC)CC7OC)CC6OC)CC5OC)CC4OC)CC3OC. The van der Waals surface area contributed by atoms with Crippen LogP contribution < -0.4 is 0 Å². The van der Waals surface area contributed by atoms with Gasteiger partial charge in [0.1, 0.15) is 0 Å². The van der Waals surface area contributed by atoms with Crippen LogP contribution >= 0.6 is 0 Å². The van der Waals surface area contributed by atoms with E-state index >= 15 is 0 Å². The summed E-state index contributed by atoms with van der Waals surface area (Å²) in [4.78, 5) is 0. The average molecular weight is 1020 g/mol. The van der Waals surface area contributed by atoms with Crippen molar-refractivity contribution in [1.82, 2.24) is 0 Å². The Morgan fingerprint density at radius 3 is 0.444 bits per heavy atom. The molecule has 14 aliphatic carbocycles.